The van der Waals surface area contributed by atoms with E-state index in [1.807, 2.05) is 18.2 Å². The normalized spacial score (nSPS) is 15.7. The Hall–Kier alpha value is -1.63. The molecule has 5 nitrogen and oxygen atoms in total. The molecule has 0 N–H and O–H groups in total. The van der Waals surface area contributed by atoms with E-state index in [1.54, 1.807) is 18.2 Å². The van der Waals surface area contributed by atoms with Crippen molar-refractivity contribution in [1.82, 2.24) is 4.90 Å². The van der Waals surface area contributed by atoms with Crippen molar-refractivity contribution in [1.29, 1.82) is 0 Å². The summed E-state index contributed by atoms with van der Waals surface area (Å²) in [4.78, 5) is 14.3. The molecule has 0 amide bonds. The van der Waals surface area contributed by atoms with Gasteiger partial charge in [-0.1, -0.05) is 12.1 Å². The summed E-state index contributed by atoms with van der Waals surface area (Å²) < 4.78 is 16.9. The van der Waals surface area contributed by atoms with Crippen LogP contribution in [0.3, 0.4) is 0 Å². The Morgan fingerprint density at radius 1 is 1.18 bits per heavy atom. The minimum atomic E-state index is -0.500. The van der Waals surface area contributed by atoms with Gasteiger partial charge in [0.2, 0.25) is 5.76 Å². The van der Waals surface area contributed by atoms with Gasteiger partial charge in [0.25, 0.3) is 0 Å². The Morgan fingerprint density at radius 3 is 2.73 bits per heavy atom. The first kappa shape index (κ1) is 15.3. The molecule has 116 valence electrons. The molecule has 3 rings (SSSR count). The van der Waals surface area contributed by atoms with Crippen LogP contribution in [-0.4, -0.2) is 37.2 Å². The first-order valence-corrected chi connectivity index (χ1v) is 7.87. The lowest BCUT2D eigenvalue weighted by molar-refractivity contribution is 0.0309. The van der Waals surface area contributed by atoms with Gasteiger partial charge in [0, 0.05) is 13.1 Å². The van der Waals surface area contributed by atoms with E-state index < -0.39 is 5.97 Å². The Balaban J connectivity index is 1.63. The lowest BCUT2D eigenvalue weighted by atomic mass is 10.3. The van der Waals surface area contributed by atoms with Gasteiger partial charge in [-0.2, -0.15) is 0 Å². The van der Waals surface area contributed by atoms with Gasteiger partial charge in [-0.15, -0.1) is 0 Å². The standard InChI is InChI=1S/C16H16BrNO4/c17-13-3-1-2-4-14(13)22-16(19)15-6-5-12(21-15)11-18-7-9-20-10-8-18/h1-6H,7-11H2. The van der Waals surface area contributed by atoms with Gasteiger partial charge in [0.05, 0.1) is 24.2 Å². The summed E-state index contributed by atoms with van der Waals surface area (Å²) in [6, 6.07) is 10.7. The molecule has 0 radical (unpaired) electrons. The molecule has 1 aromatic heterocycles. The van der Waals surface area contributed by atoms with Gasteiger partial charge < -0.3 is 13.9 Å². The summed E-state index contributed by atoms with van der Waals surface area (Å²) in [6.45, 7) is 3.88. The molecule has 1 aliphatic heterocycles. The van der Waals surface area contributed by atoms with Gasteiger partial charge in [-0.3, -0.25) is 4.90 Å². The Kier molecular flexibility index (Phi) is 4.92. The highest BCUT2D eigenvalue weighted by molar-refractivity contribution is 9.10. The number of carbonyl (C=O) groups is 1. The predicted octanol–water partition coefficient (Wildman–Crippen LogP) is 3.09. The minimum absolute atomic E-state index is 0.207. The topological polar surface area (TPSA) is 51.9 Å². The number of halogens is 1. The molecule has 0 unspecified atom stereocenters. The number of esters is 1. The van der Waals surface area contributed by atoms with Crippen LogP contribution in [-0.2, 0) is 11.3 Å². The molecule has 2 heterocycles. The van der Waals surface area contributed by atoms with Crippen molar-refractivity contribution in [3.8, 4) is 5.75 Å². The second kappa shape index (κ2) is 7.09. The monoisotopic (exact) mass is 365 g/mol. The predicted molar refractivity (Wildman–Crippen MR) is 83.9 cm³/mol. The van der Waals surface area contributed by atoms with Crippen LogP contribution >= 0.6 is 15.9 Å². The molecule has 22 heavy (non-hydrogen) atoms. The number of ether oxygens (including phenoxy) is 2. The summed E-state index contributed by atoms with van der Waals surface area (Å²) in [5, 5.41) is 0. The quantitative estimate of drug-likeness (QED) is 0.615. The number of furan rings is 1. The average Bonchev–Trinajstić information content (AvgIpc) is 2.99. The number of carbonyl (C=O) groups excluding carboxylic acids is 1. The fourth-order valence-corrected chi connectivity index (χ4v) is 2.60. The molecule has 0 saturated carbocycles. The summed E-state index contributed by atoms with van der Waals surface area (Å²) >= 11 is 3.34. The maximum absolute atomic E-state index is 12.1. The largest absolute Gasteiger partial charge is 0.453 e. The molecule has 0 atom stereocenters. The van der Waals surface area contributed by atoms with Crippen LogP contribution in [0.5, 0.6) is 5.75 Å². The number of benzene rings is 1. The third-order valence-corrected chi connectivity index (χ3v) is 4.04. The zero-order valence-electron chi connectivity index (χ0n) is 12.0. The molecule has 0 spiro atoms. The van der Waals surface area contributed by atoms with Gasteiger partial charge in [0.15, 0.2) is 0 Å². The van der Waals surface area contributed by atoms with Crippen molar-refractivity contribution in [2.45, 2.75) is 6.54 Å². The Morgan fingerprint density at radius 2 is 1.95 bits per heavy atom. The molecular weight excluding hydrogens is 350 g/mol. The molecule has 0 bridgehead atoms. The number of para-hydroxylation sites is 1. The fourth-order valence-electron chi connectivity index (χ4n) is 2.23. The van der Waals surface area contributed by atoms with E-state index in [0.717, 1.165) is 36.5 Å². The molecule has 0 aliphatic carbocycles. The van der Waals surface area contributed by atoms with Gasteiger partial charge in [-0.25, -0.2) is 4.79 Å². The van der Waals surface area contributed by atoms with E-state index in [1.165, 1.54) is 0 Å². The van der Waals surface area contributed by atoms with E-state index in [2.05, 4.69) is 20.8 Å². The van der Waals surface area contributed by atoms with Crippen molar-refractivity contribution in [2.24, 2.45) is 0 Å². The van der Waals surface area contributed by atoms with E-state index in [-0.39, 0.29) is 5.76 Å². The molecule has 1 aromatic carbocycles. The maximum Gasteiger partial charge on any atom is 0.379 e. The van der Waals surface area contributed by atoms with Crippen LogP contribution in [0.2, 0.25) is 0 Å². The summed E-state index contributed by atoms with van der Waals surface area (Å²) in [5.41, 5.74) is 0. The number of hydrogen-bond donors (Lipinski definition) is 0. The molecule has 1 saturated heterocycles. The number of rotatable bonds is 4. The first-order chi connectivity index (χ1) is 10.7. The smallest absolute Gasteiger partial charge is 0.379 e. The molecule has 1 aliphatic rings. The highest BCUT2D eigenvalue weighted by Gasteiger charge is 2.17. The van der Waals surface area contributed by atoms with Crippen molar-refractivity contribution >= 4 is 21.9 Å². The fraction of sp³-hybridized carbons (Fsp3) is 0.312. The number of nitrogens with zero attached hydrogens (tertiary/aromatic N) is 1. The second-order valence-electron chi connectivity index (χ2n) is 4.97. The van der Waals surface area contributed by atoms with Crippen LogP contribution < -0.4 is 4.74 Å². The maximum atomic E-state index is 12.1. The van der Waals surface area contributed by atoms with Crippen LogP contribution in [0, 0.1) is 0 Å². The van der Waals surface area contributed by atoms with Crippen LogP contribution in [0.25, 0.3) is 0 Å². The van der Waals surface area contributed by atoms with E-state index in [4.69, 9.17) is 13.9 Å². The SMILES string of the molecule is O=C(Oc1ccccc1Br)c1ccc(CN2CCOCC2)o1. The van der Waals surface area contributed by atoms with Crippen LogP contribution in [0.15, 0.2) is 45.3 Å². The lowest BCUT2D eigenvalue weighted by Gasteiger charge is -2.25. The third kappa shape index (κ3) is 3.76. The second-order valence-corrected chi connectivity index (χ2v) is 5.83. The lowest BCUT2D eigenvalue weighted by Crippen LogP contribution is -2.35. The van der Waals surface area contributed by atoms with Gasteiger partial charge in [-0.05, 0) is 40.2 Å². The van der Waals surface area contributed by atoms with Crippen LogP contribution in [0.4, 0.5) is 0 Å². The van der Waals surface area contributed by atoms with E-state index in [9.17, 15) is 4.79 Å². The Bertz CT molecular complexity index is 649. The number of hydrogen-bond acceptors (Lipinski definition) is 5. The first-order valence-electron chi connectivity index (χ1n) is 7.08. The molecule has 1 fully saturated rings. The zero-order valence-corrected chi connectivity index (χ0v) is 13.5. The highest BCUT2D eigenvalue weighted by Crippen LogP contribution is 2.25. The third-order valence-electron chi connectivity index (χ3n) is 3.39. The molecule has 6 heteroatoms. The van der Waals surface area contributed by atoms with Gasteiger partial charge >= 0.3 is 5.97 Å². The van der Waals surface area contributed by atoms with Crippen molar-refractivity contribution in [3.63, 3.8) is 0 Å². The highest BCUT2D eigenvalue weighted by atomic mass is 79.9. The van der Waals surface area contributed by atoms with E-state index >= 15 is 0 Å². The van der Waals surface area contributed by atoms with E-state index in [0.29, 0.717) is 12.3 Å². The summed E-state index contributed by atoms with van der Waals surface area (Å²) in [5.74, 6) is 0.929. The minimum Gasteiger partial charge on any atom is -0.453 e. The average molecular weight is 366 g/mol. The van der Waals surface area contributed by atoms with Gasteiger partial charge in [0.1, 0.15) is 11.5 Å². The Labute approximate surface area is 136 Å². The molecular formula is C16H16BrNO4. The van der Waals surface area contributed by atoms with Crippen molar-refractivity contribution in [2.75, 3.05) is 26.3 Å². The van der Waals surface area contributed by atoms with Crippen molar-refractivity contribution in [3.05, 3.63) is 52.4 Å². The summed E-state index contributed by atoms with van der Waals surface area (Å²) in [6.07, 6.45) is 0. The van der Waals surface area contributed by atoms with Crippen molar-refractivity contribution < 1.29 is 18.7 Å². The van der Waals surface area contributed by atoms with Crippen LogP contribution in [0.1, 0.15) is 16.3 Å². The zero-order chi connectivity index (χ0) is 15.4. The summed E-state index contributed by atoms with van der Waals surface area (Å²) in [7, 11) is 0. The number of morpholine rings is 1. The molecule has 2 aromatic rings.